The number of aryl methyl sites for hydroxylation is 2. The average molecular weight is 348 g/mol. The number of methoxy groups -OCH3 is 1. The van der Waals surface area contributed by atoms with Crippen molar-refractivity contribution in [1.29, 1.82) is 0 Å². The van der Waals surface area contributed by atoms with E-state index in [-0.39, 0.29) is 5.97 Å². The number of halogens is 1. The molecule has 1 atom stereocenters. The lowest BCUT2D eigenvalue weighted by Crippen LogP contribution is -2.23. The Hall–Kier alpha value is -1.81. The van der Waals surface area contributed by atoms with Crippen LogP contribution in [-0.2, 0) is 9.53 Å². The van der Waals surface area contributed by atoms with Gasteiger partial charge in [0.25, 0.3) is 0 Å². The lowest BCUT2D eigenvalue weighted by atomic mass is 9.98. The van der Waals surface area contributed by atoms with Crippen LogP contribution in [0.15, 0.2) is 46.9 Å². The van der Waals surface area contributed by atoms with Crippen molar-refractivity contribution in [1.82, 2.24) is 0 Å². The van der Waals surface area contributed by atoms with Gasteiger partial charge in [-0.25, -0.2) is 4.79 Å². The molecule has 0 aliphatic heterocycles. The molecule has 0 spiro atoms. The van der Waals surface area contributed by atoms with Crippen LogP contribution in [0.2, 0.25) is 0 Å². The molecule has 4 heteroatoms. The minimum Gasteiger partial charge on any atom is -0.467 e. The van der Waals surface area contributed by atoms with Gasteiger partial charge in [-0.3, -0.25) is 0 Å². The zero-order valence-electron chi connectivity index (χ0n) is 12.3. The highest BCUT2D eigenvalue weighted by molar-refractivity contribution is 9.10. The Labute approximate surface area is 133 Å². The second-order valence-corrected chi connectivity index (χ2v) is 5.88. The number of benzene rings is 2. The number of esters is 1. The third-order valence-corrected chi connectivity index (χ3v) is 3.87. The van der Waals surface area contributed by atoms with Crippen molar-refractivity contribution in [3.63, 3.8) is 0 Å². The van der Waals surface area contributed by atoms with Crippen LogP contribution in [0.1, 0.15) is 22.7 Å². The maximum atomic E-state index is 12.2. The molecule has 3 nitrogen and oxygen atoms in total. The summed E-state index contributed by atoms with van der Waals surface area (Å²) >= 11 is 3.40. The van der Waals surface area contributed by atoms with E-state index in [2.05, 4.69) is 21.2 Å². The topological polar surface area (TPSA) is 38.3 Å². The van der Waals surface area contributed by atoms with Gasteiger partial charge in [-0.2, -0.15) is 0 Å². The average Bonchev–Trinajstić information content (AvgIpc) is 2.48. The third-order valence-electron chi connectivity index (χ3n) is 3.34. The number of carbonyl (C=O) groups excluding carboxylic acids is 1. The minimum atomic E-state index is -0.518. The van der Waals surface area contributed by atoms with Crippen molar-refractivity contribution in [2.45, 2.75) is 19.9 Å². The molecule has 0 bridgehead atoms. The van der Waals surface area contributed by atoms with Crippen molar-refractivity contribution in [3.8, 4) is 0 Å². The zero-order chi connectivity index (χ0) is 15.4. The van der Waals surface area contributed by atoms with Crippen LogP contribution in [0.5, 0.6) is 0 Å². The van der Waals surface area contributed by atoms with Crippen LogP contribution < -0.4 is 5.32 Å². The van der Waals surface area contributed by atoms with Crippen molar-refractivity contribution in [2.75, 3.05) is 12.4 Å². The van der Waals surface area contributed by atoms with E-state index < -0.39 is 6.04 Å². The van der Waals surface area contributed by atoms with E-state index in [1.807, 2.05) is 56.3 Å². The molecule has 0 heterocycles. The maximum absolute atomic E-state index is 12.2. The summed E-state index contributed by atoms with van der Waals surface area (Å²) in [5, 5.41) is 3.25. The van der Waals surface area contributed by atoms with E-state index in [9.17, 15) is 4.79 Å². The van der Waals surface area contributed by atoms with Crippen LogP contribution >= 0.6 is 15.9 Å². The maximum Gasteiger partial charge on any atom is 0.332 e. The largest absolute Gasteiger partial charge is 0.467 e. The summed E-state index contributed by atoms with van der Waals surface area (Å²) in [6.45, 7) is 4.00. The van der Waals surface area contributed by atoms with Crippen molar-refractivity contribution in [2.24, 2.45) is 0 Å². The Bertz CT molecular complexity index is 638. The van der Waals surface area contributed by atoms with Gasteiger partial charge in [0, 0.05) is 10.2 Å². The molecule has 0 aliphatic rings. The highest BCUT2D eigenvalue weighted by Crippen LogP contribution is 2.25. The molecule has 21 heavy (non-hydrogen) atoms. The fourth-order valence-corrected chi connectivity index (χ4v) is 2.43. The summed E-state index contributed by atoms with van der Waals surface area (Å²) in [5.41, 5.74) is 3.97. The van der Waals surface area contributed by atoms with Crippen LogP contribution in [0, 0.1) is 13.8 Å². The minimum absolute atomic E-state index is 0.299. The summed E-state index contributed by atoms with van der Waals surface area (Å²) in [6.07, 6.45) is 0. The van der Waals surface area contributed by atoms with E-state index in [1.165, 1.54) is 7.11 Å². The van der Waals surface area contributed by atoms with Gasteiger partial charge >= 0.3 is 5.97 Å². The van der Waals surface area contributed by atoms with Gasteiger partial charge in [-0.05, 0) is 49.2 Å². The molecule has 2 rings (SSSR count). The summed E-state index contributed by atoms with van der Waals surface area (Å²) in [4.78, 5) is 12.2. The Kier molecular flexibility index (Phi) is 5.02. The molecule has 2 aromatic carbocycles. The van der Waals surface area contributed by atoms with Gasteiger partial charge in [0.15, 0.2) is 6.04 Å². The number of ether oxygens (including phenoxy) is 1. The van der Waals surface area contributed by atoms with Crippen LogP contribution in [0.3, 0.4) is 0 Å². The first-order valence-corrected chi connectivity index (χ1v) is 7.47. The molecule has 0 saturated heterocycles. The molecule has 0 fully saturated rings. The standard InChI is InChI=1S/C17H18BrNO2/c1-11-4-5-12(2)15(10-11)16(17(20)21-3)19-14-8-6-13(18)7-9-14/h4-10,16,19H,1-3H3. The van der Waals surface area contributed by atoms with Gasteiger partial charge in [-0.15, -0.1) is 0 Å². The van der Waals surface area contributed by atoms with E-state index in [1.54, 1.807) is 0 Å². The number of rotatable bonds is 4. The molecule has 0 aromatic heterocycles. The SMILES string of the molecule is COC(=O)C(Nc1ccc(Br)cc1)c1cc(C)ccc1C. The molecular formula is C17H18BrNO2. The fraction of sp³-hybridized carbons (Fsp3) is 0.235. The zero-order valence-corrected chi connectivity index (χ0v) is 13.9. The second-order valence-electron chi connectivity index (χ2n) is 4.97. The van der Waals surface area contributed by atoms with Crippen molar-refractivity contribution < 1.29 is 9.53 Å². The Morgan fingerprint density at radius 3 is 2.43 bits per heavy atom. The normalized spacial score (nSPS) is 11.8. The van der Waals surface area contributed by atoms with E-state index in [4.69, 9.17) is 4.74 Å². The number of hydrogen-bond donors (Lipinski definition) is 1. The van der Waals surface area contributed by atoms with Crippen LogP contribution in [0.4, 0.5) is 5.69 Å². The Morgan fingerprint density at radius 1 is 1.14 bits per heavy atom. The van der Waals surface area contributed by atoms with Gasteiger partial charge in [0.1, 0.15) is 0 Å². The van der Waals surface area contributed by atoms with Crippen molar-refractivity contribution in [3.05, 3.63) is 63.6 Å². The quantitative estimate of drug-likeness (QED) is 0.833. The van der Waals surface area contributed by atoms with Crippen LogP contribution in [0.25, 0.3) is 0 Å². The molecule has 0 saturated carbocycles. The Morgan fingerprint density at radius 2 is 1.81 bits per heavy atom. The first-order valence-electron chi connectivity index (χ1n) is 6.68. The number of nitrogens with one attached hydrogen (secondary N) is 1. The first-order chi connectivity index (χ1) is 10.0. The Balaban J connectivity index is 2.36. The summed E-state index contributed by atoms with van der Waals surface area (Å²) in [6, 6.07) is 13.3. The fourth-order valence-electron chi connectivity index (χ4n) is 2.17. The number of carbonyl (C=O) groups is 1. The smallest absolute Gasteiger partial charge is 0.332 e. The van der Waals surface area contributed by atoms with E-state index in [0.717, 1.165) is 26.9 Å². The van der Waals surface area contributed by atoms with Gasteiger partial charge in [0.05, 0.1) is 7.11 Å². The predicted molar refractivity (Wildman–Crippen MR) is 88.4 cm³/mol. The highest BCUT2D eigenvalue weighted by atomic mass is 79.9. The third kappa shape index (κ3) is 3.85. The number of anilines is 1. The monoisotopic (exact) mass is 347 g/mol. The van der Waals surface area contributed by atoms with E-state index in [0.29, 0.717) is 0 Å². The first kappa shape index (κ1) is 15.6. The molecule has 2 aromatic rings. The second kappa shape index (κ2) is 6.76. The summed E-state index contributed by atoms with van der Waals surface area (Å²) < 4.78 is 5.94. The summed E-state index contributed by atoms with van der Waals surface area (Å²) in [7, 11) is 1.41. The number of hydrogen-bond acceptors (Lipinski definition) is 3. The molecule has 0 amide bonds. The van der Waals surface area contributed by atoms with Gasteiger partial charge in [-0.1, -0.05) is 39.7 Å². The van der Waals surface area contributed by atoms with Gasteiger partial charge in [0.2, 0.25) is 0 Å². The molecule has 0 aliphatic carbocycles. The molecule has 1 unspecified atom stereocenters. The van der Waals surface area contributed by atoms with E-state index >= 15 is 0 Å². The lowest BCUT2D eigenvalue weighted by Gasteiger charge is -2.20. The lowest BCUT2D eigenvalue weighted by molar-refractivity contribution is -0.141. The van der Waals surface area contributed by atoms with Crippen LogP contribution in [-0.4, -0.2) is 13.1 Å². The van der Waals surface area contributed by atoms with Gasteiger partial charge < -0.3 is 10.1 Å². The molecular weight excluding hydrogens is 330 g/mol. The molecule has 0 radical (unpaired) electrons. The molecule has 1 N–H and O–H groups in total. The predicted octanol–water partition coefficient (Wildman–Crippen LogP) is 4.39. The molecule has 110 valence electrons. The van der Waals surface area contributed by atoms with Crippen molar-refractivity contribution >= 4 is 27.6 Å². The summed E-state index contributed by atoms with van der Waals surface area (Å²) in [5.74, 6) is -0.299. The highest BCUT2D eigenvalue weighted by Gasteiger charge is 2.23.